The highest BCUT2D eigenvalue weighted by molar-refractivity contribution is 7.89. The molecule has 0 bridgehead atoms. The molecule has 1 fully saturated rings. The van der Waals surface area contributed by atoms with E-state index in [-0.39, 0.29) is 16.2 Å². The van der Waals surface area contributed by atoms with Crippen LogP contribution in [0.2, 0.25) is 5.15 Å². The van der Waals surface area contributed by atoms with Crippen LogP contribution in [0.4, 0.5) is 0 Å². The average molecular weight is 328 g/mol. The zero-order valence-corrected chi connectivity index (χ0v) is 13.5. The first kappa shape index (κ1) is 14.8. The summed E-state index contributed by atoms with van der Waals surface area (Å²) < 4.78 is 29.7. The maximum Gasteiger partial charge on any atom is 0.260 e. The van der Waals surface area contributed by atoms with E-state index in [1.807, 2.05) is 0 Å². The van der Waals surface area contributed by atoms with Crippen LogP contribution in [0.1, 0.15) is 26.7 Å². The van der Waals surface area contributed by atoms with Gasteiger partial charge >= 0.3 is 0 Å². The van der Waals surface area contributed by atoms with Crippen LogP contribution in [0, 0.1) is 11.8 Å². The first-order chi connectivity index (χ1) is 9.90. The van der Waals surface area contributed by atoms with Gasteiger partial charge < -0.3 is 0 Å². The van der Waals surface area contributed by atoms with Gasteiger partial charge in [0.2, 0.25) is 0 Å². The van der Waals surface area contributed by atoms with E-state index in [1.165, 1.54) is 4.40 Å². The van der Waals surface area contributed by atoms with Crippen molar-refractivity contribution in [3.05, 3.63) is 29.5 Å². The van der Waals surface area contributed by atoms with Gasteiger partial charge in [-0.2, -0.15) is 0 Å². The normalized spacial score (nSPS) is 26.5. The van der Waals surface area contributed by atoms with E-state index in [0.717, 1.165) is 12.8 Å². The Labute approximate surface area is 129 Å². The van der Waals surface area contributed by atoms with Crippen LogP contribution in [-0.2, 0) is 10.0 Å². The minimum absolute atomic E-state index is 0.00685. The molecule has 1 aliphatic rings. The van der Waals surface area contributed by atoms with Crippen LogP contribution >= 0.6 is 11.6 Å². The fraction of sp³-hybridized carbons (Fsp3) is 0.500. The Hall–Kier alpha value is -1.11. The molecule has 2 aromatic rings. The number of hydrogen-bond donors (Lipinski definition) is 1. The number of pyridine rings is 1. The van der Waals surface area contributed by atoms with Crippen molar-refractivity contribution in [1.29, 1.82) is 0 Å². The highest BCUT2D eigenvalue weighted by Gasteiger charge is 2.35. The fourth-order valence-corrected chi connectivity index (χ4v) is 4.98. The van der Waals surface area contributed by atoms with Crippen LogP contribution in [0.15, 0.2) is 29.4 Å². The lowest BCUT2D eigenvalue weighted by molar-refractivity contribution is 0.401. The molecule has 0 aromatic carbocycles. The summed E-state index contributed by atoms with van der Waals surface area (Å²) in [5, 5.41) is 0.0268. The third-order valence-electron chi connectivity index (χ3n) is 4.47. The lowest BCUT2D eigenvalue weighted by Gasteiger charge is -2.19. The van der Waals surface area contributed by atoms with Crippen molar-refractivity contribution in [3.63, 3.8) is 0 Å². The standard InChI is InChI=1S/C14H18ClN3O2S/c1-9-6-7-11(10(9)2)17-21(19,20)14-13(15)16-12-5-3-4-8-18(12)14/h3-5,8-11,17H,6-7H2,1-2H3. The maximum absolute atomic E-state index is 12.7. The topological polar surface area (TPSA) is 63.5 Å². The largest absolute Gasteiger partial charge is 0.288 e. The average Bonchev–Trinajstić information content (AvgIpc) is 2.92. The van der Waals surface area contributed by atoms with Gasteiger partial charge in [-0.25, -0.2) is 18.1 Å². The molecule has 1 aliphatic carbocycles. The molecule has 2 heterocycles. The van der Waals surface area contributed by atoms with Gasteiger partial charge in [0.1, 0.15) is 5.65 Å². The van der Waals surface area contributed by atoms with Crippen LogP contribution in [0.25, 0.3) is 5.65 Å². The van der Waals surface area contributed by atoms with Crippen molar-refractivity contribution in [1.82, 2.24) is 14.1 Å². The van der Waals surface area contributed by atoms with Crippen molar-refractivity contribution in [3.8, 4) is 0 Å². The molecular weight excluding hydrogens is 310 g/mol. The second-order valence-corrected chi connectivity index (χ2v) is 7.77. The molecule has 0 radical (unpaired) electrons. The summed E-state index contributed by atoms with van der Waals surface area (Å²) in [7, 11) is -3.70. The van der Waals surface area contributed by atoms with Crippen LogP contribution in [-0.4, -0.2) is 23.8 Å². The smallest absolute Gasteiger partial charge is 0.260 e. The van der Waals surface area contributed by atoms with Gasteiger partial charge in [-0.1, -0.05) is 31.5 Å². The quantitative estimate of drug-likeness (QED) is 0.942. The molecule has 1 N–H and O–H groups in total. The molecule has 1 saturated carbocycles. The number of imidazole rings is 1. The first-order valence-electron chi connectivity index (χ1n) is 7.05. The molecule has 5 nitrogen and oxygen atoms in total. The molecule has 3 atom stereocenters. The lowest BCUT2D eigenvalue weighted by Crippen LogP contribution is -2.37. The number of nitrogens with zero attached hydrogens (tertiary/aromatic N) is 2. The number of halogens is 1. The summed E-state index contributed by atoms with van der Waals surface area (Å²) in [5.74, 6) is 0.841. The zero-order chi connectivity index (χ0) is 15.2. The molecule has 2 aromatic heterocycles. The van der Waals surface area contributed by atoms with Gasteiger partial charge in [-0.15, -0.1) is 0 Å². The van der Waals surface area contributed by atoms with Gasteiger partial charge in [0.15, 0.2) is 10.2 Å². The van der Waals surface area contributed by atoms with Crippen molar-refractivity contribution in [2.24, 2.45) is 11.8 Å². The van der Waals surface area contributed by atoms with Gasteiger partial charge in [0.05, 0.1) is 0 Å². The molecule has 0 amide bonds. The molecule has 0 saturated heterocycles. The zero-order valence-electron chi connectivity index (χ0n) is 12.0. The summed E-state index contributed by atoms with van der Waals surface area (Å²) in [4.78, 5) is 4.10. The third kappa shape index (κ3) is 2.56. The Kier molecular flexibility index (Phi) is 3.71. The van der Waals surface area contributed by atoms with Crippen molar-refractivity contribution >= 4 is 27.3 Å². The molecule has 3 unspecified atom stereocenters. The summed E-state index contributed by atoms with van der Waals surface area (Å²) in [6.45, 7) is 4.24. The summed E-state index contributed by atoms with van der Waals surface area (Å²) in [6, 6.07) is 5.23. The fourth-order valence-electron chi connectivity index (χ4n) is 2.97. The predicted molar refractivity (Wildman–Crippen MR) is 81.9 cm³/mol. The van der Waals surface area contributed by atoms with E-state index in [0.29, 0.717) is 17.5 Å². The Morgan fingerprint density at radius 1 is 1.33 bits per heavy atom. The van der Waals surface area contributed by atoms with Crippen LogP contribution in [0.3, 0.4) is 0 Å². The van der Waals surface area contributed by atoms with E-state index in [9.17, 15) is 8.42 Å². The van der Waals surface area contributed by atoms with E-state index in [1.54, 1.807) is 24.4 Å². The van der Waals surface area contributed by atoms with E-state index in [2.05, 4.69) is 23.6 Å². The molecule has 114 valence electrons. The van der Waals surface area contributed by atoms with E-state index >= 15 is 0 Å². The minimum Gasteiger partial charge on any atom is -0.288 e. The molecule has 7 heteroatoms. The van der Waals surface area contributed by atoms with Crippen molar-refractivity contribution < 1.29 is 8.42 Å². The van der Waals surface area contributed by atoms with E-state index < -0.39 is 10.0 Å². The Morgan fingerprint density at radius 3 is 2.76 bits per heavy atom. The van der Waals surface area contributed by atoms with Gasteiger partial charge in [-0.3, -0.25) is 4.40 Å². The number of aromatic nitrogens is 2. The van der Waals surface area contributed by atoms with Crippen molar-refractivity contribution in [2.45, 2.75) is 37.8 Å². The summed E-state index contributed by atoms with van der Waals surface area (Å²) in [6.07, 6.45) is 3.55. The minimum atomic E-state index is -3.70. The first-order valence-corrected chi connectivity index (χ1v) is 8.91. The third-order valence-corrected chi connectivity index (χ3v) is 6.36. The van der Waals surface area contributed by atoms with Gasteiger partial charge in [-0.05, 0) is 36.8 Å². The molecule has 21 heavy (non-hydrogen) atoms. The molecule has 0 spiro atoms. The molecule has 3 rings (SSSR count). The number of nitrogens with one attached hydrogen (secondary N) is 1. The number of hydrogen-bond acceptors (Lipinski definition) is 3. The maximum atomic E-state index is 12.7. The molecular formula is C14H18ClN3O2S. The highest BCUT2D eigenvalue weighted by atomic mass is 35.5. The van der Waals surface area contributed by atoms with Gasteiger partial charge in [0, 0.05) is 12.2 Å². The molecule has 0 aliphatic heterocycles. The Morgan fingerprint density at radius 2 is 2.10 bits per heavy atom. The van der Waals surface area contributed by atoms with Crippen LogP contribution in [0.5, 0.6) is 0 Å². The Bertz CT molecular complexity index is 772. The van der Waals surface area contributed by atoms with E-state index in [4.69, 9.17) is 11.6 Å². The second-order valence-electron chi connectivity index (χ2n) is 5.78. The SMILES string of the molecule is CC1CCC(NS(=O)(=O)c2c(Cl)nc3ccccn23)C1C. The van der Waals surface area contributed by atoms with Crippen LogP contribution < -0.4 is 4.72 Å². The monoisotopic (exact) mass is 327 g/mol. The highest BCUT2D eigenvalue weighted by Crippen LogP contribution is 2.32. The number of sulfonamides is 1. The van der Waals surface area contributed by atoms with Gasteiger partial charge in [0.25, 0.3) is 10.0 Å². The summed E-state index contributed by atoms with van der Waals surface area (Å²) >= 11 is 6.05. The number of rotatable bonds is 3. The second kappa shape index (κ2) is 5.26. The number of fused-ring (bicyclic) bond motifs is 1. The predicted octanol–water partition coefficient (Wildman–Crippen LogP) is 2.70. The summed E-state index contributed by atoms with van der Waals surface area (Å²) in [5.41, 5.74) is 0.524. The Balaban J connectivity index is 1.99. The lowest BCUT2D eigenvalue weighted by atomic mass is 9.98. The van der Waals surface area contributed by atoms with Crippen molar-refractivity contribution in [2.75, 3.05) is 0 Å².